The lowest BCUT2D eigenvalue weighted by molar-refractivity contribution is 0.00479. The van der Waals surface area contributed by atoms with E-state index < -0.39 is 0 Å². The van der Waals surface area contributed by atoms with Crippen LogP contribution in [0.5, 0.6) is 0 Å². The van der Waals surface area contributed by atoms with Crippen LogP contribution in [0.25, 0.3) is 27.5 Å². The number of hydrogen-bond acceptors (Lipinski definition) is 2. The van der Waals surface area contributed by atoms with Gasteiger partial charge in [0.25, 0.3) is 0 Å². The molecule has 3 unspecified atom stereocenters. The molecule has 7 rings (SSSR count). The van der Waals surface area contributed by atoms with Crippen molar-refractivity contribution in [1.82, 2.24) is 9.47 Å². The number of benzene rings is 3. The number of nitrogens with zero attached hydrogens (tertiary/aromatic N) is 3. The first-order valence-corrected chi connectivity index (χ1v) is 11.6. The van der Waals surface area contributed by atoms with Crippen LogP contribution in [0.15, 0.2) is 66.7 Å². The molecule has 0 spiro atoms. The van der Waals surface area contributed by atoms with Crippen molar-refractivity contribution in [3.8, 4) is 5.69 Å². The number of fused-ring (bicyclic) bond motifs is 6. The van der Waals surface area contributed by atoms with Crippen molar-refractivity contribution in [2.75, 3.05) is 11.4 Å². The number of rotatable bonds is 2. The van der Waals surface area contributed by atoms with Crippen molar-refractivity contribution in [2.45, 2.75) is 58.3 Å². The fourth-order valence-corrected chi connectivity index (χ4v) is 6.53. The standard InChI is InChI=1S/C28H31N3/c1-19-16-27-24(17-26(19)31-21(3)29-15-14-28(31,4)18-20(29)2)23-12-8-9-13-25(23)30(27)22-10-6-5-7-11-22/h5-13,16-17,20-21H,14-15,18H2,1-4H3/t20?,21-,28?/m0/s1. The second kappa shape index (κ2) is 6.61. The van der Waals surface area contributed by atoms with Crippen LogP contribution < -0.4 is 4.90 Å². The van der Waals surface area contributed by atoms with Gasteiger partial charge in [-0.3, -0.25) is 4.90 Å². The summed E-state index contributed by atoms with van der Waals surface area (Å²) in [6.07, 6.45) is 2.91. The molecule has 3 nitrogen and oxygen atoms in total. The SMILES string of the molecule is Cc1cc2c(cc1N1[C@@H](C)N3CCC1(C)CC3C)c1ccccc1n2-c1ccccc1. The molecule has 0 radical (unpaired) electrons. The molecule has 4 atom stereocenters. The molecule has 3 heteroatoms. The van der Waals surface area contributed by atoms with Gasteiger partial charge in [0.1, 0.15) is 0 Å². The van der Waals surface area contributed by atoms with Crippen LogP contribution in [0.2, 0.25) is 0 Å². The highest BCUT2D eigenvalue weighted by Crippen LogP contribution is 2.46. The molecule has 0 N–H and O–H groups in total. The van der Waals surface area contributed by atoms with E-state index >= 15 is 0 Å². The topological polar surface area (TPSA) is 11.4 Å². The summed E-state index contributed by atoms with van der Waals surface area (Å²) in [5, 5.41) is 2.68. The van der Waals surface area contributed by atoms with E-state index in [9.17, 15) is 0 Å². The Morgan fingerprint density at radius 2 is 1.61 bits per heavy atom. The maximum absolute atomic E-state index is 2.72. The number of aromatic nitrogens is 1. The molecule has 158 valence electrons. The van der Waals surface area contributed by atoms with Gasteiger partial charge in [0.05, 0.1) is 17.2 Å². The molecule has 3 saturated heterocycles. The van der Waals surface area contributed by atoms with Gasteiger partial charge in [-0.15, -0.1) is 0 Å². The summed E-state index contributed by atoms with van der Waals surface area (Å²) in [5.41, 5.74) is 6.78. The Kier molecular flexibility index (Phi) is 4.04. The maximum Gasteiger partial charge on any atom is 0.0800 e. The third kappa shape index (κ3) is 2.62. The predicted molar refractivity (Wildman–Crippen MR) is 131 cm³/mol. The van der Waals surface area contributed by atoms with Crippen molar-refractivity contribution < 1.29 is 0 Å². The van der Waals surface area contributed by atoms with Crippen molar-refractivity contribution in [3.63, 3.8) is 0 Å². The summed E-state index contributed by atoms with van der Waals surface area (Å²) in [5.74, 6) is 0. The maximum atomic E-state index is 2.72. The van der Waals surface area contributed by atoms with Gasteiger partial charge in [0.2, 0.25) is 0 Å². The average molecular weight is 410 g/mol. The second-order valence-corrected chi connectivity index (χ2v) is 9.88. The van der Waals surface area contributed by atoms with E-state index in [1.807, 2.05) is 0 Å². The fourth-order valence-electron chi connectivity index (χ4n) is 6.53. The lowest BCUT2D eigenvalue weighted by Crippen LogP contribution is -2.71. The minimum atomic E-state index is 0.226. The van der Waals surface area contributed by atoms with Gasteiger partial charge in [-0.2, -0.15) is 0 Å². The molecule has 2 bridgehead atoms. The Morgan fingerprint density at radius 3 is 2.35 bits per heavy atom. The molecule has 31 heavy (non-hydrogen) atoms. The molecule has 0 aliphatic carbocycles. The van der Waals surface area contributed by atoms with Gasteiger partial charge in [-0.05, 0) is 76.4 Å². The van der Waals surface area contributed by atoms with Crippen LogP contribution in [0.4, 0.5) is 5.69 Å². The highest BCUT2D eigenvalue weighted by molar-refractivity contribution is 6.10. The van der Waals surface area contributed by atoms with Gasteiger partial charge in [0, 0.05) is 40.3 Å². The van der Waals surface area contributed by atoms with Crippen molar-refractivity contribution in [1.29, 1.82) is 0 Å². The number of anilines is 1. The number of aryl methyl sites for hydroxylation is 1. The molecule has 3 aromatic carbocycles. The Bertz CT molecular complexity index is 1290. The Morgan fingerprint density at radius 1 is 0.871 bits per heavy atom. The Hall–Kier alpha value is -2.78. The van der Waals surface area contributed by atoms with Crippen LogP contribution >= 0.6 is 0 Å². The van der Waals surface area contributed by atoms with E-state index in [4.69, 9.17) is 0 Å². The van der Waals surface area contributed by atoms with Gasteiger partial charge in [-0.1, -0.05) is 36.4 Å². The average Bonchev–Trinajstić information content (AvgIpc) is 3.07. The third-order valence-corrected chi connectivity index (χ3v) is 7.91. The fraction of sp³-hybridized carbons (Fsp3) is 0.357. The first kappa shape index (κ1) is 18.9. The normalized spacial score (nSPS) is 28.0. The Labute approximate surface area is 184 Å². The summed E-state index contributed by atoms with van der Waals surface area (Å²) >= 11 is 0. The van der Waals surface area contributed by atoms with Crippen LogP contribution in [0.1, 0.15) is 39.2 Å². The van der Waals surface area contributed by atoms with Crippen molar-refractivity contribution >= 4 is 27.5 Å². The molecule has 0 saturated carbocycles. The molecular weight excluding hydrogens is 378 g/mol. The van der Waals surface area contributed by atoms with Gasteiger partial charge < -0.3 is 9.47 Å². The first-order valence-electron chi connectivity index (χ1n) is 11.6. The summed E-state index contributed by atoms with van der Waals surface area (Å²) in [4.78, 5) is 5.40. The quantitative estimate of drug-likeness (QED) is 0.374. The van der Waals surface area contributed by atoms with Crippen LogP contribution in [-0.4, -0.2) is 33.8 Å². The molecule has 4 heterocycles. The van der Waals surface area contributed by atoms with E-state index in [-0.39, 0.29) is 5.54 Å². The van der Waals surface area contributed by atoms with Crippen molar-refractivity contribution in [2.24, 2.45) is 0 Å². The molecular formula is C28H31N3. The molecule has 3 aliphatic rings. The van der Waals surface area contributed by atoms with Gasteiger partial charge in [0.15, 0.2) is 0 Å². The van der Waals surface area contributed by atoms with E-state index in [0.717, 1.165) is 0 Å². The van der Waals surface area contributed by atoms with Crippen molar-refractivity contribution in [3.05, 3.63) is 72.3 Å². The number of piperidine rings is 1. The third-order valence-electron chi connectivity index (χ3n) is 7.91. The molecule has 0 amide bonds. The zero-order valence-corrected chi connectivity index (χ0v) is 19.0. The van der Waals surface area contributed by atoms with E-state index in [1.54, 1.807) is 0 Å². The lowest BCUT2D eigenvalue weighted by Gasteiger charge is -2.62. The zero-order chi connectivity index (χ0) is 21.3. The van der Waals surface area contributed by atoms with Crippen LogP contribution in [0.3, 0.4) is 0 Å². The van der Waals surface area contributed by atoms with Gasteiger partial charge in [-0.25, -0.2) is 0 Å². The minimum absolute atomic E-state index is 0.226. The molecule has 1 aromatic heterocycles. The van der Waals surface area contributed by atoms with Crippen LogP contribution in [-0.2, 0) is 0 Å². The summed E-state index contributed by atoms with van der Waals surface area (Å²) < 4.78 is 2.42. The molecule has 4 aromatic rings. The second-order valence-electron chi connectivity index (χ2n) is 9.88. The summed E-state index contributed by atoms with van der Waals surface area (Å²) in [6, 6.07) is 25.1. The monoisotopic (exact) mass is 409 g/mol. The van der Waals surface area contributed by atoms with E-state index in [2.05, 4.69) is 109 Å². The van der Waals surface area contributed by atoms with E-state index in [1.165, 1.54) is 58.1 Å². The first-order chi connectivity index (χ1) is 15.0. The Balaban J connectivity index is 1.61. The smallest absolute Gasteiger partial charge is 0.0800 e. The lowest BCUT2D eigenvalue weighted by atomic mass is 9.78. The number of para-hydroxylation sites is 2. The highest BCUT2D eigenvalue weighted by Gasteiger charge is 2.49. The summed E-state index contributed by atoms with van der Waals surface area (Å²) in [7, 11) is 0. The summed E-state index contributed by atoms with van der Waals surface area (Å²) in [6.45, 7) is 10.8. The van der Waals surface area contributed by atoms with E-state index in [0.29, 0.717) is 12.2 Å². The number of hydrogen-bond donors (Lipinski definition) is 0. The largest absolute Gasteiger partial charge is 0.350 e. The predicted octanol–water partition coefficient (Wildman–Crippen LogP) is 6.50. The minimum Gasteiger partial charge on any atom is -0.350 e. The van der Waals surface area contributed by atoms with Crippen LogP contribution in [0, 0.1) is 6.92 Å². The van der Waals surface area contributed by atoms with Gasteiger partial charge >= 0.3 is 0 Å². The molecule has 3 fully saturated rings. The zero-order valence-electron chi connectivity index (χ0n) is 19.0. The molecule has 3 aliphatic heterocycles. The highest BCUT2D eigenvalue weighted by atomic mass is 15.4.